The summed E-state index contributed by atoms with van der Waals surface area (Å²) in [5.74, 6) is 0.934. The third kappa shape index (κ3) is 3.54. The van der Waals surface area contributed by atoms with Gasteiger partial charge >= 0.3 is 0 Å². The first-order chi connectivity index (χ1) is 9.20. The molecule has 1 saturated heterocycles. The topological polar surface area (TPSA) is 48.0 Å². The Morgan fingerprint density at radius 1 is 1.32 bits per heavy atom. The summed E-state index contributed by atoms with van der Waals surface area (Å²) in [7, 11) is 0. The molecule has 0 aromatic carbocycles. The Balaban J connectivity index is 1.73. The molecule has 1 N–H and O–H groups in total. The molecule has 5 nitrogen and oxygen atoms in total. The molecule has 5 heteroatoms. The Labute approximate surface area is 114 Å². The number of piperazine rings is 1. The van der Waals surface area contributed by atoms with Crippen LogP contribution in [0.25, 0.3) is 0 Å². The van der Waals surface area contributed by atoms with E-state index in [0.29, 0.717) is 0 Å². The summed E-state index contributed by atoms with van der Waals surface area (Å²) in [6, 6.07) is 0. The lowest BCUT2D eigenvalue weighted by molar-refractivity contribution is 0.260. The summed E-state index contributed by atoms with van der Waals surface area (Å²) in [4.78, 5) is 4.69. The van der Waals surface area contributed by atoms with Gasteiger partial charge in [-0.05, 0) is 17.6 Å². The van der Waals surface area contributed by atoms with Crippen molar-refractivity contribution in [3.63, 3.8) is 0 Å². The molecule has 1 aromatic rings. The van der Waals surface area contributed by atoms with Crippen molar-refractivity contribution >= 4 is 5.82 Å². The lowest BCUT2D eigenvalue weighted by Gasteiger charge is -2.34. The number of hydrogen-bond acceptors (Lipinski definition) is 4. The number of hydrogen-bond donors (Lipinski definition) is 1. The predicted octanol–water partition coefficient (Wildman–Crippen LogP) is 1.62. The first-order valence-electron chi connectivity index (χ1n) is 6.53. The highest BCUT2D eigenvalue weighted by Gasteiger charge is 2.18. The Morgan fingerprint density at radius 3 is 2.63 bits per heavy atom. The fraction of sp³-hybridized carbons (Fsp3) is 0.429. The van der Waals surface area contributed by atoms with E-state index in [1.807, 2.05) is 0 Å². The van der Waals surface area contributed by atoms with Crippen LogP contribution in [0.15, 0.2) is 43.2 Å². The number of H-pyrrole nitrogens is 1. The normalized spacial score (nSPS) is 16.3. The molecule has 0 atom stereocenters. The molecule has 2 rings (SSSR count). The summed E-state index contributed by atoms with van der Waals surface area (Å²) >= 11 is 0. The van der Waals surface area contributed by atoms with Gasteiger partial charge < -0.3 is 4.90 Å². The molecule has 0 amide bonds. The highest BCUT2D eigenvalue weighted by molar-refractivity contribution is 5.35. The maximum atomic E-state index is 4.11. The van der Waals surface area contributed by atoms with Crippen LogP contribution >= 0.6 is 0 Å². The molecular weight excluding hydrogens is 238 g/mol. The average molecular weight is 259 g/mol. The van der Waals surface area contributed by atoms with Crippen LogP contribution in [0, 0.1) is 0 Å². The van der Waals surface area contributed by atoms with Gasteiger partial charge in [0.15, 0.2) is 5.82 Å². The number of nitrogens with one attached hydrogen (secondary N) is 1. The van der Waals surface area contributed by atoms with Crippen molar-refractivity contribution in [3.05, 3.63) is 43.2 Å². The van der Waals surface area contributed by atoms with E-state index in [1.165, 1.54) is 0 Å². The standard InChI is InChI=1S/C14H21N5/c1-4-12(2)13(3)5-6-18-7-9-19(10-8-18)14-11-15-17-16-14/h4,11H,1-3,5-10H2,(H,15,16,17). The van der Waals surface area contributed by atoms with Crippen LogP contribution in [0.5, 0.6) is 0 Å². The highest BCUT2D eigenvalue weighted by atomic mass is 15.4. The fourth-order valence-corrected chi connectivity index (χ4v) is 2.15. The maximum Gasteiger partial charge on any atom is 0.170 e. The van der Waals surface area contributed by atoms with Gasteiger partial charge in [-0.25, -0.2) is 0 Å². The second-order valence-electron chi connectivity index (χ2n) is 4.74. The van der Waals surface area contributed by atoms with Crippen molar-refractivity contribution in [2.24, 2.45) is 0 Å². The molecule has 1 aromatic heterocycles. The summed E-state index contributed by atoms with van der Waals surface area (Å²) in [6.45, 7) is 16.8. The van der Waals surface area contributed by atoms with E-state index in [0.717, 1.165) is 56.1 Å². The molecule has 1 aliphatic rings. The molecule has 2 heterocycles. The molecule has 19 heavy (non-hydrogen) atoms. The molecule has 0 spiro atoms. The first-order valence-corrected chi connectivity index (χ1v) is 6.53. The van der Waals surface area contributed by atoms with Gasteiger partial charge in [-0.3, -0.25) is 4.90 Å². The van der Waals surface area contributed by atoms with Gasteiger partial charge in [0, 0.05) is 32.7 Å². The Bertz CT molecular complexity index is 440. The lowest BCUT2D eigenvalue weighted by atomic mass is 10.1. The van der Waals surface area contributed by atoms with E-state index in [9.17, 15) is 0 Å². The molecule has 0 unspecified atom stereocenters. The van der Waals surface area contributed by atoms with Crippen LogP contribution < -0.4 is 4.90 Å². The van der Waals surface area contributed by atoms with Gasteiger partial charge in [0.2, 0.25) is 0 Å². The van der Waals surface area contributed by atoms with Gasteiger partial charge in [-0.1, -0.05) is 25.8 Å². The lowest BCUT2D eigenvalue weighted by Crippen LogP contribution is -2.46. The maximum absolute atomic E-state index is 4.11. The van der Waals surface area contributed by atoms with Gasteiger partial charge in [0.1, 0.15) is 0 Å². The first kappa shape index (κ1) is 13.5. The Hall–Kier alpha value is -1.88. The van der Waals surface area contributed by atoms with E-state index < -0.39 is 0 Å². The van der Waals surface area contributed by atoms with Crippen LogP contribution in [0.2, 0.25) is 0 Å². The van der Waals surface area contributed by atoms with Crippen molar-refractivity contribution in [1.82, 2.24) is 20.3 Å². The number of aromatic amines is 1. The van der Waals surface area contributed by atoms with Crippen molar-refractivity contribution in [2.45, 2.75) is 6.42 Å². The van der Waals surface area contributed by atoms with Crippen LogP contribution in [-0.2, 0) is 0 Å². The number of rotatable bonds is 6. The molecule has 1 fully saturated rings. The minimum atomic E-state index is 0.934. The Kier molecular flexibility index (Phi) is 4.52. The average Bonchev–Trinajstić information content (AvgIpc) is 2.98. The van der Waals surface area contributed by atoms with Crippen molar-refractivity contribution < 1.29 is 0 Å². The minimum absolute atomic E-state index is 0.934. The molecular formula is C14H21N5. The quantitative estimate of drug-likeness (QED) is 0.789. The molecule has 0 bridgehead atoms. The third-order valence-corrected chi connectivity index (χ3v) is 3.53. The predicted molar refractivity (Wildman–Crippen MR) is 78.1 cm³/mol. The van der Waals surface area contributed by atoms with E-state index in [1.54, 1.807) is 12.3 Å². The zero-order valence-corrected chi connectivity index (χ0v) is 11.3. The summed E-state index contributed by atoms with van der Waals surface area (Å²) < 4.78 is 0. The summed E-state index contributed by atoms with van der Waals surface area (Å²) in [5.41, 5.74) is 2.02. The molecule has 102 valence electrons. The second-order valence-corrected chi connectivity index (χ2v) is 4.74. The van der Waals surface area contributed by atoms with Gasteiger partial charge in [-0.2, -0.15) is 10.3 Å². The van der Waals surface area contributed by atoms with Crippen LogP contribution in [0.1, 0.15) is 6.42 Å². The zero-order chi connectivity index (χ0) is 13.7. The number of allylic oxidation sites excluding steroid dienone is 2. The smallest absolute Gasteiger partial charge is 0.170 e. The fourth-order valence-electron chi connectivity index (χ4n) is 2.15. The second kappa shape index (κ2) is 6.33. The van der Waals surface area contributed by atoms with Crippen LogP contribution in [-0.4, -0.2) is 53.0 Å². The van der Waals surface area contributed by atoms with E-state index in [-0.39, 0.29) is 0 Å². The Morgan fingerprint density at radius 2 is 2.05 bits per heavy atom. The van der Waals surface area contributed by atoms with Gasteiger partial charge in [0.05, 0.1) is 6.20 Å². The van der Waals surface area contributed by atoms with Crippen LogP contribution in [0.3, 0.4) is 0 Å². The van der Waals surface area contributed by atoms with Crippen molar-refractivity contribution in [2.75, 3.05) is 37.6 Å². The van der Waals surface area contributed by atoms with E-state index >= 15 is 0 Å². The van der Waals surface area contributed by atoms with E-state index in [4.69, 9.17) is 0 Å². The number of nitrogens with zero attached hydrogens (tertiary/aromatic N) is 4. The third-order valence-electron chi connectivity index (χ3n) is 3.53. The molecule has 0 radical (unpaired) electrons. The van der Waals surface area contributed by atoms with Crippen molar-refractivity contribution in [1.29, 1.82) is 0 Å². The molecule has 0 saturated carbocycles. The number of aromatic nitrogens is 3. The highest BCUT2D eigenvalue weighted by Crippen LogP contribution is 2.14. The largest absolute Gasteiger partial charge is 0.351 e. The minimum Gasteiger partial charge on any atom is -0.351 e. The van der Waals surface area contributed by atoms with Gasteiger partial charge in [0.25, 0.3) is 0 Å². The monoisotopic (exact) mass is 259 g/mol. The summed E-state index contributed by atoms with van der Waals surface area (Å²) in [6.07, 6.45) is 4.49. The van der Waals surface area contributed by atoms with Crippen molar-refractivity contribution in [3.8, 4) is 0 Å². The van der Waals surface area contributed by atoms with Crippen LogP contribution in [0.4, 0.5) is 5.82 Å². The SMILES string of the molecule is C=CC(=C)C(=C)CCN1CCN(c2cn[nH]n2)CC1. The number of anilines is 1. The zero-order valence-electron chi connectivity index (χ0n) is 11.3. The summed E-state index contributed by atoms with van der Waals surface area (Å²) in [5, 5.41) is 10.6. The van der Waals surface area contributed by atoms with Gasteiger partial charge in [-0.15, -0.1) is 5.10 Å². The molecule has 1 aliphatic heterocycles. The van der Waals surface area contributed by atoms with E-state index in [2.05, 4.69) is 44.9 Å². The molecule has 0 aliphatic carbocycles.